The van der Waals surface area contributed by atoms with Crippen LogP contribution in [0.4, 0.5) is 0 Å². The normalized spacial score (nSPS) is 29.0. The number of hydrogen-bond donors (Lipinski definition) is 1. The lowest BCUT2D eigenvalue weighted by Gasteiger charge is -2.46. The summed E-state index contributed by atoms with van der Waals surface area (Å²) in [4.78, 5) is 13.9. The fourth-order valence-corrected chi connectivity index (χ4v) is 4.75. The highest BCUT2D eigenvalue weighted by Gasteiger charge is 2.43. The van der Waals surface area contributed by atoms with Gasteiger partial charge < -0.3 is 4.79 Å². The Morgan fingerprint density at radius 3 is 2.71 bits per heavy atom. The van der Waals surface area contributed by atoms with Gasteiger partial charge in [0.25, 0.3) is 0 Å². The van der Waals surface area contributed by atoms with E-state index < -0.39 is 5.54 Å². The van der Waals surface area contributed by atoms with Crippen LogP contribution in [0.1, 0.15) is 46.0 Å². The number of hydrazine groups is 1. The van der Waals surface area contributed by atoms with Gasteiger partial charge in [0.2, 0.25) is 0 Å². The zero-order valence-corrected chi connectivity index (χ0v) is 13.8. The Balaban J connectivity index is 2.13. The Bertz CT molecular complexity index is 407. The number of carbonyl (C=O) groups excluding carboxylic acids is 1. The van der Waals surface area contributed by atoms with Gasteiger partial charge in [-0.1, -0.05) is 19.3 Å². The molecule has 0 aromatic heterocycles. The molecule has 0 radical (unpaired) electrons. The first-order chi connectivity index (χ1) is 10.0. The maximum absolute atomic E-state index is 11.8. The first kappa shape index (κ1) is 16.8. The average Bonchev–Trinajstić information content (AvgIpc) is 3.02. The van der Waals surface area contributed by atoms with Gasteiger partial charge in [-0.3, -0.25) is 10.7 Å². The topological polar surface area (TPSA) is 73.4 Å². The number of thioether (sulfide) groups is 1. The summed E-state index contributed by atoms with van der Waals surface area (Å²) in [6.45, 7) is 3.96. The third-order valence-electron chi connectivity index (χ3n) is 5.17. The highest BCUT2D eigenvalue weighted by molar-refractivity contribution is 7.99. The van der Waals surface area contributed by atoms with Crippen LogP contribution in [0.3, 0.4) is 0 Å². The standard InChI is InChI=1S/C15H26N4OS/c1-12(18-11-21-9-14(18)8-16)19(17)15(2,10-20)13-6-4-3-5-7-13/h10,12-14H,3-7,9,11,17H2,1-2H3. The van der Waals surface area contributed by atoms with Crippen LogP contribution in [-0.2, 0) is 4.79 Å². The van der Waals surface area contributed by atoms with E-state index in [9.17, 15) is 10.1 Å². The highest BCUT2D eigenvalue weighted by Crippen LogP contribution is 2.36. The number of carbonyl (C=O) groups is 1. The van der Waals surface area contributed by atoms with Crippen molar-refractivity contribution in [2.75, 3.05) is 11.6 Å². The number of nitrogens with zero attached hydrogens (tertiary/aromatic N) is 3. The Morgan fingerprint density at radius 2 is 2.14 bits per heavy atom. The molecule has 0 aromatic carbocycles. The van der Waals surface area contributed by atoms with E-state index in [4.69, 9.17) is 5.84 Å². The van der Waals surface area contributed by atoms with E-state index in [0.29, 0.717) is 5.92 Å². The molecular formula is C15H26N4OS. The predicted octanol–water partition coefficient (Wildman–Crippen LogP) is 1.94. The van der Waals surface area contributed by atoms with E-state index in [0.717, 1.165) is 30.8 Å². The molecule has 2 rings (SSSR count). The van der Waals surface area contributed by atoms with Crippen molar-refractivity contribution in [1.82, 2.24) is 9.91 Å². The first-order valence-electron chi connectivity index (χ1n) is 7.78. The van der Waals surface area contributed by atoms with Gasteiger partial charge in [0, 0.05) is 11.6 Å². The summed E-state index contributed by atoms with van der Waals surface area (Å²) in [6, 6.07) is 2.22. The van der Waals surface area contributed by atoms with Crippen molar-refractivity contribution in [2.24, 2.45) is 11.8 Å². The molecule has 1 aliphatic heterocycles. The van der Waals surface area contributed by atoms with Crippen molar-refractivity contribution in [3.63, 3.8) is 0 Å². The maximum Gasteiger partial charge on any atom is 0.141 e. The maximum atomic E-state index is 11.8. The zero-order valence-electron chi connectivity index (χ0n) is 13.0. The molecule has 0 amide bonds. The molecule has 0 spiro atoms. The molecule has 118 valence electrons. The molecule has 1 aliphatic carbocycles. The van der Waals surface area contributed by atoms with Gasteiger partial charge in [0.05, 0.1) is 17.8 Å². The van der Waals surface area contributed by atoms with Gasteiger partial charge in [-0.15, -0.1) is 11.8 Å². The largest absolute Gasteiger partial charge is 0.301 e. The minimum Gasteiger partial charge on any atom is -0.301 e. The molecule has 6 heteroatoms. The molecule has 0 aromatic rings. The van der Waals surface area contributed by atoms with E-state index >= 15 is 0 Å². The minimum atomic E-state index is -0.646. The number of nitriles is 1. The fraction of sp³-hybridized carbons (Fsp3) is 0.867. The van der Waals surface area contributed by atoms with Crippen LogP contribution < -0.4 is 5.84 Å². The van der Waals surface area contributed by atoms with E-state index in [1.54, 1.807) is 16.8 Å². The van der Waals surface area contributed by atoms with Crippen molar-refractivity contribution < 1.29 is 4.79 Å². The van der Waals surface area contributed by atoms with Crippen LogP contribution >= 0.6 is 11.8 Å². The van der Waals surface area contributed by atoms with Crippen molar-refractivity contribution >= 4 is 18.0 Å². The predicted molar refractivity (Wildman–Crippen MR) is 85.1 cm³/mol. The van der Waals surface area contributed by atoms with Gasteiger partial charge in [-0.05, 0) is 32.6 Å². The number of rotatable bonds is 5. The van der Waals surface area contributed by atoms with Crippen molar-refractivity contribution in [1.29, 1.82) is 5.26 Å². The lowest BCUT2D eigenvalue weighted by molar-refractivity contribution is -0.129. The lowest BCUT2D eigenvalue weighted by Crippen LogP contribution is -2.64. The summed E-state index contributed by atoms with van der Waals surface area (Å²) >= 11 is 1.75. The van der Waals surface area contributed by atoms with Gasteiger partial charge in [0.15, 0.2) is 0 Å². The monoisotopic (exact) mass is 310 g/mol. The smallest absolute Gasteiger partial charge is 0.141 e. The Labute approximate surface area is 131 Å². The van der Waals surface area contributed by atoms with Crippen LogP contribution in [0, 0.1) is 17.2 Å². The minimum absolute atomic E-state index is 0.109. The summed E-state index contributed by atoms with van der Waals surface area (Å²) in [7, 11) is 0. The highest BCUT2D eigenvalue weighted by atomic mass is 32.2. The second-order valence-electron chi connectivity index (χ2n) is 6.38. The first-order valence-corrected chi connectivity index (χ1v) is 8.93. The van der Waals surface area contributed by atoms with Gasteiger partial charge in [0.1, 0.15) is 12.3 Å². The molecule has 2 N–H and O–H groups in total. The van der Waals surface area contributed by atoms with E-state index in [1.165, 1.54) is 19.3 Å². The third kappa shape index (κ3) is 3.26. The molecule has 1 saturated heterocycles. The molecule has 2 aliphatic rings. The van der Waals surface area contributed by atoms with Crippen LogP contribution in [0.15, 0.2) is 0 Å². The second-order valence-corrected chi connectivity index (χ2v) is 7.38. The van der Waals surface area contributed by atoms with E-state index in [1.807, 2.05) is 13.8 Å². The Morgan fingerprint density at radius 1 is 1.48 bits per heavy atom. The van der Waals surface area contributed by atoms with Crippen molar-refractivity contribution in [3.05, 3.63) is 0 Å². The van der Waals surface area contributed by atoms with Crippen LogP contribution in [0.5, 0.6) is 0 Å². The molecule has 1 heterocycles. The van der Waals surface area contributed by atoms with E-state index in [-0.39, 0.29) is 12.2 Å². The fourth-order valence-electron chi connectivity index (χ4n) is 3.55. The molecular weight excluding hydrogens is 284 g/mol. The lowest BCUT2D eigenvalue weighted by atomic mass is 9.76. The molecule has 3 unspecified atom stereocenters. The summed E-state index contributed by atoms with van der Waals surface area (Å²) in [5.74, 6) is 8.30. The quantitative estimate of drug-likeness (QED) is 0.475. The van der Waals surface area contributed by atoms with Crippen molar-refractivity contribution in [2.45, 2.75) is 63.7 Å². The van der Waals surface area contributed by atoms with Gasteiger partial charge in [-0.2, -0.15) is 5.26 Å². The Hall–Kier alpha value is -0.610. The molecule has 1 saturated carbocycles. The Kier molecular flexibility index (Phi) is 5.67. The van der Waals surface area contributed by atoms with Gasteiger partial charge >= 0.3 is 0 Å². The second kappa shape index (κ2) is 7.10. The summed E-state index contributed by atoms with van der Waals surface area (Å²) in [5, 5.41) is 10.9. The zero-order chi connectivity index (χ0) is 15.5. The average molecular weight is 310 g/mol. The number of hydrogen-bond acceptors (Lipinski definition) is 6. The molecule has 2 fully saturated rings. The number of aldehydes is 1. The summed E-state index contributed by atoms with van der Waals surface area (Å²) in [5.41, 5.74) is -0.646. The van der Waals surface area contributed by atoms with Crippen LogP contribution in [-0.4, -0.2) is 45.6 Å². The van der Waals surface area contributed by atoms with Crippen molar-refractivity contribution in [3.8, 4) is 6.07 Å². The van der Waals surface area contributed by atoms with Gasteiger partial charge in [-0.25, -0.2) is 5.01 Å². The summed E-state index contributed by atoms with van der Waals surface area (Å²) in [6.07, 6.45) is 6.64. The van der Waals surface area contributed by atoms with Crippen LogP contribution in [0.25, 0.3) is 0 Å². The molecule has 0 bridgehead atoms. The van der Waals surface area contributed by atoms with Crippen LogP contribution in [0.2, 0.25) is 0 Å². The molecule has 5 nitrogen and oxygen atoms in total. The third-order valence-corrected chi connectivity index (χ3v) is 6.21. The molecule has 21 heavy (non-hydrogen) atoms. The number of nitrogens with two attached hydrogens (primary N) is 1. The SMILES string of the molecule is CC(N1CSCC1C#N)N(N)C(C)(C=O)C1CCCCC1. The van der Waals surface area contributed by atoms with E-state index in [2.05, 4.69) is 11.0 Å². The molecule has 3 atom stereocenters. The summed E-state index contributed by atoms with van der Waals surface area (Å²) < 4.78 is 0.